The van der Waals surface area contributed by atoms with E-state index in [0.29, 0.717) is 11.1 Å². The Morgan fingerprint density at radius 1 is 1.08 bits per heavy atom. The molecule has 1 aromatic carbocycles. The number of carbonyl (C=O) groups is 2. The highest BCUT2D eigenvalue weighted by molar-refractivity contribution is 7.15. The number of carbonyl (C=O) groups excluding carboxylic acids is 2. The van der Waals surface area contributed by atoms with Crippen LogP contribution in [-0.2, 0) is 9.47 Å². The fraction of sp³-hybridized carbons (Fsp3) is 0.278. The van der Waals surface area contributed by atoms with Crippen LogP contribution in [0.2, 0.25) is 0 Å². The maximum absolute atomic E-state index is 12.4. The second kappa shape index (κ2) is 7.75. The minimum Gasteiger partial charge on any atom is -0.462 e. The van der Waals surface area contributed by atoms with Crippen LogP contribution in [-0.4, -0.2) is 25.2 Å². The lowest BCUT2D eigenvalue weighted by Crippen LogP contribution is -2.12. The Balaban J connectivity index is 2.71. The summed E-state index contributed by atoms with van der Waals surface area (Å²) in [7, 11) is 0. The molecule has 1 heterocycles. The quantitative estimate of drug-likeness (QED) is 0.768. The van der Waals surface area contributed by atoms with Gasteiger partial charge in [-0.05, 0) is 26.3 Å². The lowest BCUT2D eigenvalue weighted by atomic mass is 9.99. The van der Waals surface area contributed by atoms with Gasteiger partial charge in [-0.25, -0.2) is 9.59 Å². The molecule has 0 aliphatic heterocycles. The number of nitriles is 1. The molecule has 6 heteroatoms. The summed E-state index contributed by atoms with van der Waals surface area (Å²) in [5, 5.41) is 9.45. The summed E-state index contributed by atoms with van der Waals surface area (Å²) in [6.07, 6.45) is 0. The van der Waals surface area contributed by atoms with Crippen LogP contribution in [0.4, 0.5) is 0 Å². The monoisotopic (exact) mass is 343 g/mol. The van der Waals surface area contributed by atoms with Crippen LogP contribution in [0.5, 0.6) is 0 Å². The molecular weight excluding hydrogens is 326 g/mol. The molecule has 0 saturated heterocycles. The van der Waals surface area contributed by atoms with Crippen LogP contribution in [0.3, 0.4) is 0 Å². The third-order valence-electron chi connectivity index (χ3n) is 3.29. The third kappa shape index (κ3) is 3.47. The van der Waals surface area contributed by atoms with Crippen LogP contribution in [0.1, 0.15) is 44.3 Å². The average Bonchev–Trinajstić information content (AvgIpc) is 2.96. The summed E-state index contributed by atoms with van der Waals surface area (Å²) in [5.41, 5.74) is 2.26. The molecule has 0 aliphatic carbocycles. The SMILES string of the molecule is CCOC(=O)c1sc(C#N)c(-c2ccc(C)cc2)c1C(=O)OCC. The Kier molecular flexibility index (Phi) is 5.72. The van der Waals surface area contributed by atoms with Crippen LogP contribution < -0.4 is 0 Å². The minimum absolute atomic E-state index is 0.0979. The van der Waals surface area contributed by atoms with Crippen molar-refractivity contribution in [3.05, 3.63) is 45.1 Å². The highest BCUT2D eigenvalue weighted by Crippen LogP contribution is 2.37. The van der Waals surface area contributed by atoms with E-state index < -0.39 is 11.9 Å². The molecule has 0 saturated carbocycles. The summed E-state index contributed by atoms with van der Waals surface area (Å²) >= 11 is 0.951. The van der Waals surface area contributed by atoms with Crippen molar-refractivity contribution in [1.29, 1.82) is 5.26 Å². The lowest BCUT2D eigenvalue weighted by Gasteiger charge is -2.08. The van der Waals surface area contributed by atoms with E-state index in [1.807, 2.05) is 31.2 Å². The number of benzene rings is 1. The van der Waals surface area contributed by atoms with E-state index in [9.17, 15) is 14.9 Å². The summed E-state index contributed by atoms with van der Waals surface area (Å²) < 4.78 is 10.1. The number of hydrogen-bond donors (Lipinski definition) is 0. The fourth-order valence-electron chi connectivity index (χ4n) is 2.24. The second-order valence-electron chi connectivity index (χ2n) is 4.93. The minimum atomic E-state index is -0.631. The molecule has 124 valence electrons. The number of ether oxygens (including phenoxy) is 2. The summed E-state index contributed by atoms with van der Waals surface area (Å²) in [5.74, 6) is -1.26. The molecule has 0 aliphatic rings. The van der Waals surface area contributed by atoms with Crippen LogP contribution in [0, 0.1) is 18.3 Å². The zero-order valence-corrected chi connectivity index (χ0v) is 14.5. The summed E-state index contributed by atoms with van der Waals surface area (Å²) in [4.78, 5) is 25.0. The normalized spacial score (nSPS) is 10.1. The summed E-state index contributed by atoms with van der Waals surface area (Å²) in [6, 6.07) is 9.46. The third-order valence-corrected chi connectivity index (χ3v) is 4.36. The van der Waals surface area contributed by atoms with Crippen molar-refractivity contribution in [1.82, 2.24) is 0 Å². The van der Waals surface area contributed by atoms with Crippen molar-refractivity contribution in [2.24, 2.45) is 0 Å². The van der Waals surface area contributed by atoms with E-state index in [1.54, 1.807) is 13.8 Å². The van der Waals surface area contributed by atoms with Crippen LogP contribution >= 0.6 is 11.3 Å². The van der Waals surface area contributed by atoms with Crippen molar-refractivity contribution in [2.75, 3.05) is 13.2 Å². The van der Waals surface area contributed by atoms with E-state index in [-0.39, 0.29) is 28.5 Å². The van der Waals surface area contributed by atoms with Gasteiger partial charge in [0.2, 0.25) is 0 Å². The van der Waals surface area contributed by atoms with Crippen molar-refractivity contribution < 1.29 is 19.1 Å². The highest BCUT2D eigenvalue weighted by Gasteiger charge is 2.30. The van der Waals surface area contributed by atoms with Gasteiger partial charge in [-0.2, -0.15) is 5.26 Å². The molecule has 0 spiro atoms. The van der Waals surface area contributed by atoms with Gasteiger partial charge >= 0.3 is 11.9 Å². The molecule has 0 atom stereocenters. The van der Waals surface area contributed by atoms with E-state index in [0.717, 1.165) is 16.9 Å². The highest BCUT2D eigenvalue weighted by atomic mass is 32.1. The molecule has 24 heavy (non-hydrogen) atoms. The maximum atomic E-state index is 12.4. The zero-order valence-electron chi connectivity index (χ0n) is 13.7. The molecule has 5 nitrogen and oxygen atoms in total. The van der Waals surface area contributed by atoms with Gasteiger partial charge in [0.15, 0.2) is 0 Å². The standard InChI is InChI=1S/C18H17NO4S/c1-4-22-17(20)15-14(12-8-6-11(3)7-9-12)13(10-19)24-16(15)18(21)23-5-2/h6-9H,4-5H2,1-3H3. The van der Waals surface area contributed by atoms with Gasteiger partial charge in [0.25, 0.3) is 0 Å². The first-order valence-electron chi connectivity index (χ1n) is 7.51. The number of hydrogen-bond acceptors (Lipinski definition) is 6. The first kappa shape index (κ1) is 17.7. The maximum Gasteiger partial charge on any atom is 0.349 e. The van der Waals surface area contributed by atoms with Crippen molar-refractivity contribution in [3.8, 4) is 17.2 Å². The van der Waals surface area contributed by atoms with Crippen molar-refractivity contribution in [2.45, 2.75) is 20.8 Å². The topological polar surface area (TPSA) is 76.4 Å². The van der Waals surface area contributed by atoms with Crippen molar-refractivity contribution >= 4 is 23.3 Å². The molecule has 0 bridgehead atoms. The number of thiophene rings is 1. The Morgan fingerprint density at radius 2 is 1.67 bits per heavy atom. The first-order valence-corrected chi connectivity index (χ1v) is 8.33. The number of esters is 2. The molecule has 1 aromatic heterocycles. The Hall–Kier alpha value is -2.65. The second-order valence-corrected chi connectivity index (χ2v) is 5.95. The molecule has 0 amide bonds. The van der Waals surface area contributed by atoms with E-state index in [4.69, 9.17) is 9.47 Å². The zero-order chi connectivity index (χ0) is 17.7. The average molecular weight is 343 g/mol. The van der Waals surface area contributed by atoms with Gasteiger partial charge < -0.3 is 9.47 Å². The van der Waals surface area contributed by atoms with Crippen LogP contribution in [0.15, 0.2) is 24.3 Å². The molecular formula is C18H17NO4S. The Morgan fingerprint density at radius 3 is 2.21 bits per heavy atom. The Labute approximate surface area is 144 Å². The van der Waals surface area contributed by atoms with Crippen molar-refractivity contribution in [3.63, 3.8) is 0 Å². The van der Waals surface area contributed by atoms with Gasteiger partial charge in [0, 0.05) is 5.56 Å². The van der Waals surface area contributed by atoms with E-state index >= 15 is 0 Å². The van der Waals surface area contributed by atoms with Gasteiger partial charge in [-0.1, -0.05) is 29.8 Å². The number of aryl methyl sites for hydroxylation is 1. The Bertz CT molecular complexity index is 800. The fourth-order valence-corrected chi connectivity index (χ4v) is 3.25. The van der Waals surface area contributed by atoms with Crippen LogP contribution in [0.25, 0.3) is 11.1 Å². The molecule has 2 rings (SSSR count). The smallest absolute Gasteiger partial charge is 0.349 e. The first-order chi connectivity index (χ1) is 11.5. The number of rotatable bonds is 5. The summed E-state index contributed by atoms with van der Waals surface area (Å²) in [6.45, 7) is 5.67. The lowest BCUT2D eigenvalue weighted by molar-refractivity contribution is 0.0484. The predicted octanol–water partition coefficient (Wildman–Crippen LogP) is 3.95. The number of nitrogens with zero attached hydrogens (tertiary/aromatic N) is 1. The van der Waals surface area contributed by atoms with E-state index in [2.05, 4.69) is 6.07 Å². The largest absolute Gasteiger partial charge is 0.462 e. The van der Waals surface area contributed by atoms with E-state index in [1.165, 1.54) is 0 Å². The van der Waals surface area contributed by atoms with Gasteiger partial charge in [0.1, 0.15) is 15.8 Å². The molecule has 0 N–H and O–H groups in total. The molecule has 2 aromatic rings. The molecule has 0 radical (unpaired) electrons. The van der Waals surface area contributed by atoms with Gasteiger partial charge in [0.05, 0.1) is 18.8 Å². The van der Waals surface area contributed by atoms with Gasteiger partial charge in [-0.15, -0.1) is 11.3 Å². The molecule has 0 fully saturated rings. The van der Waals surface area contributed by atoms with Gasteiger partial charge in [-0.3, -0.25) is 0 Å². The molecule has 0 unspecified atom stereocenters. The predicted molar refractivity (Wildman–Crippen MR) is 91.1 cm³/mol.